The minimum Gasteiger partial charge on any atom is -0.480 e. The maximum atomic E-state index is 10.6. The number of carbonyl (C=O) groups is 1. The van der Waals surface area contributed by atoms with E-state index in [0.29, 0.717) is 18.1 Å². The number of nitrogens with two attached hydrogens (primary N) is 1. The molecule has 4 heteroatoms. The maximum Gasteiger partial charge on any atom is 0.317 e. The lowest BCUT2D eigenvalue weighted by molar-refractivity contribution is -0.139. The Balaban J connectivity index is 2.02. The van der Waals surface area contributed by atoms with E-state index in [-0.39, 0.29) is 6.54 Å². The van der Waals surface area contributed by atoms with E-state index in [0.717, 1.165) is 25.7 Å². The summed E-state index contributed by atoms with van der Waals surface area (Å²) in [7, 11) is 0. The fourth-order valence-electron chi connectivity index (χ4n) is 2.73. The fraction of sp³-hybridized carbons (Fsp3) is 0.889. The summed E-state index contributed by atoms with van der Waals surface area (Å²) in [5.74, 6) is -0.715. The van der Waals surface area contributed by atoms with E-state index in [1.807, 2.05) is 0 Å². The Labute approximate surface area is 77.7 Å². The number of carboxylic acid groups (broad SMARTS) is 1. The Morgan fingerprint density at radius 3 is 2.38 bits per heavy atom. The molecule has 0 aromatic rings. The number of rotatable bonds is 2. The number of piperidine rings is 1. The number of hydrogen-bond donors (Lipinski definition) is 2. The minimum absolute atomic E-state index is 0.196. The van der Waals surface area contributed by atoms with Gasteiger partial charge in [-0.3, -0.25) is 9.69 Å². The summed E-state index contributed by atoms with van der Waals surface area (Å²) >= 11 is 0. The first-order chi connectivity index (χ1) is 6.16. The van der Waals surface area contributed by atoms with Crippen LogP contribution in [0, 0.1) is 0 Å². The van der Waals surface area contributed by atoms with Crippen molar-refractivity contribution in [2.75, 3.05) is 6.54 Å². The number of carboxylic acids is 1. The standard InChI is InChI=1S/C9H16N2O2/c10-6-3-7-1-2-8(4-6)11(7)5-9(12)13/h6-8H,1-5,10H2,(H,12,13). The molecule has 2 saturated heterocycles. The molecule has 0 saturated carbocycles. The van der Waals surface area contributed by atoms with Gasteiger partial charge in [0.2, 0.25) is 0 Å². The van der Waals surface area contributed by atoms with Gasteiger partial charge in [0.05, 0.1) is 6.54 Å². The molecule has 2 aliphatic heterocycles. The Kier molecular flexibility index (Phi) is 2.26. The van der Waals surface area contributed by atoms with Crippen LogP contribution in [0.25, 0.3) is 0 Å². The third kappa shape index (κ3) is 1.69. The van der Waals surface area contributed by atoms with Crippen molar-refractivity contribution in [1.29, 1.82) is 0 Å². The highest BCUT2D eigenvalue weighted by atomic mass is 16.4. The van der Waals surface area contributed by atoms with Gasteiger partial charge in [0.25, 0.3) is 0 Å². The van der Waals surface area contributed by atoms with Gasteiger partial charge < -0.3 is 10.8 Å². The minimum atomic E-state index is -0.715. The van der Waals surface area contributed by atoms with E-state index in [9.17, 15) is 4.79 Å². The first-order valence-electron chi connectivity index (χ1n) is 4.90. The average Bonchev–Trinajstić information content (AvgIpc) is 2.32. The van der Waals surface area contributed by atoms with Crippen LogP contribution in [0.15, 0.2) is 0 Å². The number of aliphatic carboxylic acids is 1. The molecular formula is C9H16N2O2. The highest BCUT2D eigenvalue weighted by molar-refractivity contribution is 5.69. The average molecular weight is 184 g/mol. The van der Waals surface area contributed by atoms with Gasteiger partial charge in [0.1, 0.15) is 0 Å². The zero-order chi connectivity index (χ0) is 9.42. The second kappa shape index (κ2) is 3.27. The summed E-state index contributed by atoms with van der Waals surface area (Å²) in [5.41, 5.74) is 5.87. The Bertz CT molecular complexity index is 206. The molecular weight excluding hydrogens is 168 g/mol. The third-order valence-corrected chi connectivity index (χ3v) is 3.24. The van der Waals surface area contributed by atoms with E-state index in [1.54, 1.807) is 0 Å². The van der Waals surface area contributed by atoms with Crippen molar-refractivity contribution in [3.63, 3.8) is 0 Å². The van der Waals surface area contributed by atoms with Crippen molar-refractivity contribution in [3.05, 3.63) is 0 Å². The zero-order valence-corrected chi connectivity index (χ0v) is 7.65. The molecule has 0 spiro atoms. The van der Waals surface area contributed by atoms with Gasteiger partial charge in [-0.2, -0.15) is 0 Å². The lowest BCUT2D eigenvalue weighted by Gasteiger charge is -2.36. The number of nitrogens with zero attached hydrogens (tertiary/aromatic N) is 1. The van der Waals surface area contributed by atoms with Crippen LogP contribution in [0.1, 0.15) is 25.7 Å². The molecule has 3 N–H and O–H groups in total. The third-order valence-electron chi connectivity index (χ3n) is 3.24. The van der Waals surface area contributed by atoms with Crippen molar-refractivity contribution >= 4 is 5.97 Å². The topological polar surface area (TPSA) is 66.6 Å². The normalized spacial score (nSPS) is 39.3. The van der Waals surface area contributed by atoms with Crippen LogP contribution in [-0.2, 0) is 4.79 Å². The summed E-state index contributed by atoms with van der Waals surface area (Å²) in [6.07, 6.45) is 4.21. The van der Waals surface area contributed by atoms with E-state index >= 15 is 0 Å². The molecule has 2 unspecified atom stereocenters. The molecule has 13 heavy (non-hydrogen) atoms. The predicted octanol–water partition coefficient (Wildman–Crippen LogP) is 0.0251. The SMILES string of the molecule is NC1CC2CCC(C1)N2CC(=O)O. The van der Waals surface area contributed by atoms with Gasteiger partial charge in [-0.25, -0.2) is 0 Å². The molecule has 0 radical (unpaired) electrons. The Hall–Kier alpha value is -0.610. The molecule has 0 amide bonds. The highest BCUT2D eigenvalue weighted by Crippen LogP contribution is 2.34. The van der Waals surface area contributed by atoms with Crippen LogP contribution in [0.5, 0.6) is 0 Å². The van der Waals surface area contributed by atoms with Crippen molar-refractivity contribution in [2.24, 2.45) is 5.73 Å². The summed E-state index contributed by atoms with van der Waals surface area (Å²) in [6, 6.07) is 1.16. The van der Waals surface area contributed by atoms with Crippen molar-refractivity contribution < 1.29 is 9.90 Å². The molecule has 74 valence electrons. The van der Waals surface area contributed by atoms with E-state index in [2.05, 4.69) is 4.90 Å². The van der Waals surface area contributed by atoms with Crippen molar-refractivity contribution in [3.8, 4) is 0 Å². The number of fused-ring (bicyclic) bond motifs is 2. The van der Waals surface area contributed by atoms with E-state index < -0.39 is 5.97 Å². The maximum absolute atomic E-state index is 10.6. The largest absolute Gasteiger partial charge is 0.480 e. The lowest BCUT2D eigenvalue weighted by atomic mass is 9.98. The monoisotopic (exact) mass is 184 g/mol. The van der Waals surface area contributed by atoms with Crippen LogP contribution < -0.4 is 5.73 Å². The van der Waals surface area contributed by atoms with Gasteiger partial charge >= 0.3 is 5.97 Å². The summed E-state index contributed by atoms with van der Waals surface area (Å²) in [4.78, 5) is 12.7. The van der Waals surface area contributed by atoms with Gasteiger partial charge in [0.15, 0.2) is 0 Å². The molecule has 2 fully saturated rings. The van der Waals surface area contributed by atoms with Crippen LogP contribution in [0.4, 0.5) is 0 Å². The van der Waals surface area contributed by atoms with Crippen molar-refractivity contribution in [2.45, 2.75) is 43.8 Å². The fourth-order valence-corrected chi connectivity index (χ4v) is 2.73. The summed E-state index contributed by atoms with van der Waals surface area (Å²) in [6.45, 7) is 0.196. The van der Waals surface area contributed by atoms with Crippen LogP contribution in [0.3, 0.4) is 0 Å². The van der Waals surface area contributed by atoms with Gasteiger partial charge in [-0.05, 0) is 25.7 Å². The molecule has 2 heterocycles. The second-order valence-electron chi connectivity index (χ2n) is 4.18. The van der Waals surface area contributed by atoms with E-state index in [1.165, 1.54) is 0 Å². The molecule has 4 nitrogen and oxygen atoms in total. The molecule has 2 aliphatic rings. The van der Waals surface area contributed by atoms with Gasteiger partial charge in [-0.1, -0.05) is 0 Å². The smallest absolute Gasteiger partial charge is 0.317 e. The summed E-state index contributed by atoms with van der Waals surface area (Å²) < 4.78 is 0. The van der Waals surface area contributed by atoms with E-state index in [4.69, 9.17) is 10.8 Å². The van der Waals surface area contributed by atoms with Crippen LogP contribution >= 0.6 is 0 Å². The van der Waals surface area contributed by atoms with Crippen molar-refractivity contribution in [1.82, 2.24) is 4.90 Å². The van der Waals surface area contributed by atoms with Gasteiger partial charge in [-0.15, -0.1) is 0 Å². The van der Waals surface area contributed by atoms with Gasteiger partial charge in [0, 0.05) is 18.1 Å². The molecule has 0 aromatic heterocycles. The predicted molar refractivity (Wildman–Crippen MR) is 48.4 cm³/mol. The molecule has 2 atom stereocenters. The molecule has 2 bridgehead atoms. The Morgan fingerprint density at radius 1 is 1.38 bits per heavy atom. The lowest BCUT2D eigenvalue weighted by Crippen LogP contribution is -2.49. The highest BCUT2D eigenvalue weighted by Gasteiger charge is 2.40. The first-order valence-corrected chi connectivity index (χ1v) is 4.90. The quantitative estimate of drug-likeness (QED) is 0.635. The Morgan fingerprint density at radius 2 is 1.92 bits per heavy atom. The van der Waals surface area contributed by atoms with Crippen LogP contribution in [0.2, 0.25) is 0 Å². The van der Waals surface area contributed by atoms with Crippen LogP contribution in [-0.4, -0.2) is 40.6 Å². The second-order valence-corrected chi connectivity index (χ2v) is 4.18. The first kappa shape index (κ1) is 8.97. The number of hydrogen-bond acceptors (Lipinski definition) is 3. The molecule has 2 rings (SSSR count). The molecule has 0 aliphatic carbocycles. The molecule has 0 aromatic carbocycles. The zero-order valence-electron chi connectivity index (χ0n) is 7.65. The summed E-state index contributed by atoms with van der Waals surface area (Å²) in [5, 5.41) is 8.72.